The van der Waals surface area contributed by atoms with Crippen molar-refractivity contribution in [2.24, 2.45) is 0 Å². The van der Waals surface area contributed by atoms with Gasteiger partial charge >= 0.3 is 0 Å². The van der Waals surface area contributed by atoms with Crippen molar-refractivity contribution in [3.63, 3.8) is 0 Å². The molecule has 2 fully saturated rings. The number of fused-ring (bicyclic) bond motifs is 1. The largest absolute Gasteiger partial charge is 0.451 e. The van der Waals surface area contributed by atoms with Gasteiger partial charge in [-0.05, 0) is 92.1 Å². The summed E-state index contributed by atoms with van der Waals surface area (Å²) >= 11 is 6.13. The molecule has 4 aromatic rings. The van der Waals surface area contributed by atoms with Crippen LogP contribution in [0.4, 0.5) is 5.69 Å². The molecule has 1 N–H and O–H groups in total. The first-order valence-corrected chi connectivity index (χ1v) is 16.0. The Labute approximate surface area is 268 Å². The summed E-state index contributed by atoms with van der Waals surface area (Å²) in [7, 11) is 0. The summed E-state index contributed by atoms with van der Waals surface area (Å²) in [4.78, 5) is 43.0. The Morgan fingerprint density at radius 3 is 2.42 bits per heavy atom. The van der Waals surface area contributed by atoms with Crippen LogP contribution in [-0.2, 0) is 17.8 Å². The normalized spacial score (nSPS) is 15.9. The molecule has 45 heavy (non-hydrogen) atoms. The number of carbonyl (C=O) groups excluding carboxylic acids is 2. The van der Waals surface area contributed by atoms with E-state index in [4.69, 9.17) is 16.0 Å². The van der Waals surface area contributed by atoms with E-state index in [0.29, 0.717) is 35.4 Å². The van der Waals surface area contributed by atoms with Crippen molar-refractivity contribution in [3.05, 3.63) is 122 Å². The number of halogens is 1. The number of benzene rings is 3. The molecule has 7 nitrogen and oxygen atoms in total. The number of para-hydroxylation sites is 1. The van der Waals surface area contributed by atoms with Crippen LogP contribution < -0.4 is 15.6 Å². The zero-order valence-corrected chi connectivity index (χ0v) is 26.5. The molecule has 2 amide bonds. The molecule has 3 heterocycles. The molecule has 2 aliphatic heterocycles. The summed E-state index contributed by atoms with van der Waals surface area (Å²) in [5, 5.41) is 4.25. The lowest BCUT2D eigenvalue weighted by Gasteiger charge is -2.33. The van der Waals surface area contributed by atoms with E-state index in [2.05, 4.69) is 34.5 Å². The van der Waals surface area contributed by atoms with Crippen LogP contribution in [0, 0.1) is 13.8 Å². The molecule has 0 bridgehead atoms. The van der Waals surface area contributed by atoms with Gasteiger partial charge in [0.25, 0.3) is 5.91 Å². The maximum absolute atomic E-state index is 13.5. The molecule has 2 aliphatic rings. The second-order valence-corrected chi connectivity index (χ2v) is 12.6. The van der Waals surface area contributed by atoms with Gasteiger partial charge in [-0.3, -0.25) is 14.4 Å². The monoisotopic (exact) mass is 623 g/mol. The minimum absolute atomic E-state index is 0.00169. The molecule has 1 aromatic heterocycles. The van der Waals surface area contributed by atoms with Crippen molar-refractivity contribution in [2.45, 2.75) is 58.5 Å². The number of nitrogens with one attached hydrogen (secondary N) is 1. The fourth-order valence-electron chi connectivity index (χ4n) is 6.30. The second kappa shape index (κ2) is 13.3. The number of amides is 2. The van der Waals surface area contributed by atoms with Gasteiger partial charge in [0.05, 0.1) is 11.4 Å². The molecule has 3 aromatic carbocycles. The van der Waals surface area contributed by atoms with Crippen LogP contribution in [0.2, 0.25) is 5.02 Å². The third-order valence-electron chi connectivity index (χ3n) is 8.96. The van der Waals surface area contributed by atoms with Gasteiger partial charge in [-0.25, -0.2) is 0 Å². The van der Waals surface area contributed by atoms with E-state index in [9.17, 15) is 14.4 Å². The highest BCUT2D eigenvalue weighted by Crippen LogP contribution is 2.29. The number of anilines is 1. The van der Waals surface area contributed by atoms with Crippen LogP contribution in [0.25, 0.3) is 11.0 Å². The molecule has 0 saturated carbocycles. The number of carbonyl (C=O) groups is 2. The highest BCUT2D eigenvalue weighted by Gasteiger charge is 2.24. The van der Waals surface area contributed by atoms with Gasteiger partial charge in [0.2, 0.25) is 5.91 Å². The van der Waals surface area contributed by atoms with Crippen LogP contribution in [-0.4, -0.2) is 42.4 Å². The fraction of sp³-hybridized carbons (Fsp3) is 0.324. The van der Waals surface area contributed by atoms with Gasteiger partial charge in [-0.15, -0.1) is 0 Å². The Balaban J connectivity index is 1.20. The molecule has 6 rings (SSSR count). The standard InChI is InChI=1S/C37H38ClN3O4/c1-24-18-31-33(42)22-35(45-34(31)19-25(24)2)37(44)39-30(20-26-9-11-29(38)12-10-26)21-27-13-16-40(17-14-27)32-7-4-3-6-28(32)23-41-15-5-8-36(41)43/h3-4,6-7,9-12,18-19,21-22,30H,5,8,13-17,20,23H2,1-2H3,(H,39,44)/t30-/m1/s1. The summed E-state index contributed by atoms with van der Waals surface area (Å²) in [6, 6.07) is 20.6. The minimum atomic E-state index is -0.425. The van der Waals surface area contributed by atoms with Crippen LogP contribution in [0.15, 0.2) is 87.6 Å². The van der Waals surface area contributed by atoms with Crippen molar-refractivity contribution < 1.29 is 14.0 Å². The summed E-state index contributed by atoms with van der Waals surface area (Å²) in [5.74, 6) is -0.195. The topological polar surface area (TPSA) is 82.9 Å². The summed E-state index contributed by atoms with van der Waals surface area (Å²) < 4.78 is 5.94. The van der Waals surface area contributed by atoms with Crippen molar-refractivity contribution in [1.82, 2.24) is 10.2 Å². The first kappa shape index (κ1) is 30.7. The quantitative estimate of drug-likeness (QED) is 0.220. The number of likely N-dealkylation sites (tertiary alicyclic amines) is 1. The van der Waals surface area contributed by atoms with Gasteiger partial charge in [0, 0.05) is 49.4 Å². The lowest BCUT2D eigenvalue weighted by atomic mass is 9.97. The number of hydrogen-bond donors (Lipinski definition) is 1. The second-order valence-electron chi connectivity index (χ2n) is 12.2. The first-order valence-electron chi connectivity index (χ1n) is 15.6. The van der Waals surface area contributed by atoms with Crippen molar-refractivity contribution in [2.75, 3.05) is 24.5 Å². The third-order valence-corrected chi connectivity index (χ3v) is 9.21. The number of piperidine rings is 1. The Morgan fingerprint density at radius 2 is 1.69 bits per heavy atom. The Hall–Kier alpha value is -4.36. The smallest absolute Gasteiger partial charge is 0.287 e. The van der Waals surface area contributed by atoms with Crippen LogP contribution in [0.1, 0.15) is 58.5 Å². The van der Waals surface area contributed by atoms with Gasteiger partial charge in [-0.1, -0.05) is 53.6 Å². The highest BCUT2D eigenvalue weighted by molar-refractivity contribution is 6.30. The van der Waals surface area contributed by atoms with Crippen LogP contribution in [0.3, 0.4) is 0 Å². The number of hydrogen-bond acceptors (Lipinski definition) is 5. The van der Waals surface area contributed by atoms with E-state index in [-0.39, 0.29) is 23.1 Å². The predicted molar refractivity (Wildman–Crippen MR) is 179 cm³/mol. The molecule has 8 heteroatoms. The zero-order valence-electron chi connectivity index (χ0n) is 25.8. The number of rotatable bonds is 8. The number of aryl methyl sites for hydroxylation is 2. The lowest BCUT2D eigenvalue weighted by Crippen LogP contribution is -2.37. The molecule has 232 valence electrons. The molecule has 2 saturated heterocycles. The Kier molecular flexibility index (Phi) is 9.08. The van der Waals surface area contributed by atoms with E-state index in [1.165, 1.54) is 22.9 Å². The van der Waals surface area contributed by atoms with Gasteiger partial charge in [0.1, 0.15) is 5.58 Å². The third kappa shape index (κ3) is 7.15. The van der Waals surface area contributed by atoms with E-state index < -0.39 is 5.91 Å². The highest BCUT2D eigenvalue weighted by atomic mass is 35.5. The Bertz CT molecular complexity index is 1820. The van der Waals surface area contributed by atoms with Crippen molar-refractivity contribution >= 4 is 40.1 Å². The average Bonchev–Trinajstić information content (AvgIpc) is 3.43. The van der Waals surface area contributed by atoms with E-state index >= 15 is 0 Å². The molecule has 0 unspecified atom stereocenters. The van der Waals surface area contributed by atoms with E-state index in [0.717, 1.165) is 55.6 Å². The summed E-state index contributed by atoms with van der Waals surface area (Å²) in [5.41, 5.74) is 6.82. The Morgan fingerprint density at radius 1 is 0.956 bits per heavy atom. The van der Waals surface area contributed by atoms with Crippen molar-refractivity contribution in [1.29, 1.82) is 0 Å². The van der Waals surface area contributed by atoms with Crippen molar-refractivity contribution in [3.8, 4) is 0 Å². The molecular weight excluding hydrogens is 586 g/mol. The van der Waals surface area contributed by atoms with Gasteiger partial charge < -0.3 is 19.5 Å². The SMILES string of the molecule is Cc1cc2oc(C(=O)N[C@@H](C=C3CCN(c4ccccc4CN4CCCC4=O)CC3)Cc3ccc(Cl)cc3)cc(=O)c2cc1C. The molecular formula is C37H38ClN3O4. The fourth-order valence-corrected chi connectivity index (χ4v) is 6.43. The average molecular weight is 624 g/mol. The summed E-state index contributed by atoms with van der Waals surface area (Å²) in [6.45, 7) is 7.06. The lowest BCUT2D eigenvalue weighted by molar-refractivity contribution is -0.128. The zero-order chi connectivity index (χ0) is 31.5. The maximum Gasteiger partial charge on any atom is 0.287 e. The van der Waals surface area contributed by atoms with Crippen LogP contribution in [0.5, 0.6) is 0 Å². The van der Waals surface area contributed by atoms with Crippen LogP contribution >= 0.6 is 11.6 Å². The molecule has 0 aliphatic carbocycles. The first-order chi connectivity index (χ1) is 21.7. The maximum atomic E-state index is 13.5. The van der Waals surface area contributed by atoms with Gasteiger partial charge in [-0.2, -0.15) is 0 Å². The van der Waals surface area contributed by atoms with E-state index in [1.54, 1.807) is 0 Å². The summed E-state index contributed by atoms with van der Waals surface area (Å²) in [6.07, 6.45) is 6.00. The minimum Gasteiger partial charge on any atom is -0.451 e. The predicted octanol–water partition coefficient (Wildman–Crippen LogP) is 6.75. The number of nitrogens with zero attached hydrogens (tertiary/aromatic N) is 2. The molecule has 0 radical (unpaired) electrons. The van der Waals surface area contributed by atoms with E-state index in [1.807, 2.05) is 61.2 Å². The molecule has 1 atom stereocenters. The van der Waals surface area contributed by atoms with Gasteiger partial charge in [0.15, 0.2) is 11.2 Å². The molecule has 0 spiro atoms.